The zero-order chi connectivity index (χ0) is 8.97. The predicted octanol–water partition coefficient (Wildman–Crippen LogP) is 0.873. The largest absolute Gasteiger partial charge is 0.329 e. The molecule has 0 spiro atoms. The van der Waals surface area contributed by atoms with Crippen LogP contribution in [0.15, 0.2) is 23.1 Å². The highest BCUT2D eigenvalue weighted by Crippen LogP contribution is 1.92. The van der Waals surface area contributed by atoms with Crippen LogP contribution in [0.5, 0.6) is 0 Å². The molecule has 0 fully saturated rings. The minimum Gasteiger partial charge on any atom is -0.329 e. The standard InChI is InChI=1S/C9H14N2O/c1-7(2)11-6-8-3-4-10-9(12)5-8/h3-5,7,11H,6H2,1-2H3,(H,10,12). The maximum Gasteiger partial charge on any atom is 0.248 e. The smallest absolute Gasteiger partial charge is 0.248 e. The van der Waals surface area contributed by atoms with E-state index in [0.29, 0.717) is 6.04 Å². The Labute approximate surface area is 71.8 Å². The third-order valence-corrected chi connectivity index (χ3v) is 1.55. The predicted molar refractivity (Wildman–Crippen MR) is 49.0 cm³/mol. The molecule has 1 aromatic rings. The molecule has 3 heteroatoms. The fourth-order valence-corrected chi connectivity index (χ4v) is 0.921. The molecule has 3 nitrogen and oxygen atoms in total. The number of pyridine rings is 1. The van der Waals surface area contributed by atoms with Gasteiger partial charge in [0.2, 0.25) is 5.56 Å². The van der Waals surface area contributed by atoms with E-state index in [9.17, 15) is 4.79 Å². The van der Waals surface area contributed by atoms with E-state index in [1.807, 2.05) is 6.07 Å². The van der Waals surface area contributed by atoms with Gasteiger partial charge in [0, 0.05) is 24.8 Å². The highest BCUT2D eigenvalue weighted by molar-refractivity contribution is 5.09. The van der Waals surface area contributed by atoms with E-state index in [0.717, 1.165) is 12.1 Å². The molecule has 1 rings (SSSR count). The van der Waals surface area contributed by atoms with Crippen LogP contribution in [0.3, 0.4) is 0 Å². The maximum atomic E-state index is 10.9. The third kappa shape index (κ3) is 2.88. The van der Waals surface area contributed by atoms with E-state index in [1.165, 1.54) is 0 Å². The maximum absolute atomic E-state index is 10.9. The molecule has 2 N–H and O–H groups in total. The zero-order valence-electron chi connectivity index (χ0n) is 7.42. The van der Waals surface area contributed by atoms with Crippen LogP contribution in [0, 0.1) is 0 Å². The van der Waals surface area contributed by atoms with Gasteiger partial charge >= 0.3 is 0 Å². The van der Waals surface area contributed by atoms with E-state index >= 15 is 0 Å². The van der Waals surface area contributed by atoms with Crippen LogP contribution in [0.25, 0.3) is 0 Å². The first-order chi connectivity index (χ1) is 5.68. The van der Waals surface area contributed by atoms with E-state index in [1.54, 1.807) is 12.3 Å². The van der Waals surface area contributed by atoms with Gasteiger partial charge in [0.25, 0.3) is 0 Å². The lowest BCUT2D eigenvalue weighted by Crippen LogP contribution is -2.22. The van der Waals surface area contributed by atoms with Gasteiger partial charge in [-0.3, -0.25) is 4.79 Å². The van der Waals surface area contributed by atoms with Crippen LogP contribution < -0.4 is 10.9 Å². The van der Waals surface area contributed by atoms with Crippen molar-refractivity contribution in [2.45, 2.75) is 26.4 Å². The SMILES string of the molecule is CC(C)NCc1cc[nH]c(=O)c1. The molecule has 0 aliphatic carbocycles. The topological polar surface area (TPSA) is 44.9 Å². The van der Waals surface area contributed by atoms with E-state index in [2.05, 4.69) is 24.1 Å². The monoisotopic (exact) mass is 166 g/mol. The molecule has 0 amide bonds. The summed E-state index contributed by atoms with van der Waals surface area (Å²) >= 11 is 0. The normalized spacial score (nSPS) is 10.6. The summed E-state index contributed by atoms with van der Waals surface area (Å²) in [6.07, 6.45) is 1.67. The molecular weight excluding hydrogens is 152 g/mol. The lowest BCUT2D eigenvalue weighted by atomic mass is 10.2. The highest BCUT2D eigenvalue weighted by atomic mass is 16.1. The molecular formula is C9H14N2O. The van der Waals surface area contributed by atoms with Crippen LogP contribution in [-0.2, 0) is 6.54 Å². The second kappa shape index (κ2) is 4.07. The Bertz CT molecular complexity index is 291. The second-order valence-corrected chi connectivity index (χ2v) is 3.10. The molecule has 0 aliphatic heterocycles. The molecule has 0 radical (unpaired) electrons. The number of H-pyrrole nitrogens is 1. The minimum atomic E-state index is -0.0435. The van der Waals surface area contributed by atoms with Crippen molar-refractivity contribution < 1.29 is 0 Å². The van der Waals surface area contributed by atoms with Gasteiger partial charge in [-0.15, -0.1) is 0 Å². The van der Waals surface area contributed by atoms with Crippen molar-refractivity contribution in [3.05, 3.63) is 34.2 Å². The van der Waals surface area contributed by atoms with Crippen LogP contribution in [0.2, 0.25) is 0 Å². The molecule has 66 valence electrons. The van der Waals surface area contributed by atoms with E-state index in [4.69, 9.17) is 0 Å². The van der Waals surface area contributed by atoms with Crippen molar-refractivity contribution >= 4 is 0 Å². The molecule has 1 aromatic heterocycles. The number of rotatable bonds is 3. The quantitative estimate of drug-likeness (QED) is 0.700. The number of aromatic amines is 1. The number of nitrogens with one attached hydrogen (secondary N) is 2. The minimum absolute atomic E-state index is 0.0435. The Kier molecular flexibility index (Phi) is 3.05. The molecule has 12 heavy (non-hydrogen) atoms. The Morgan fingerprint density at radius 1 is 1.58 bits per heavy atom. The van der Waals surface area contributed by atoms with Crippen LogP contribution in [-0.4, -0.2) is 11.0 Å². The van der Waals surface area contributed by atoms with Crippen LogP contribution in [0.1, 0.15) is 19.4 Å². The summed E-state index contributed by atoms with van der Waals surface area (Å²) in [5.41, 5.74) is 0.977. The lowest BCUT2D eigenvalue weighted by Gasteiger charge is -2.06. The van der Waals surface area contributed by atoms with E-state index in [-0.39, 0.29) is 5.56 Å². The molecule has 0 atom stereocenters. The third-order valence-electron chi connectivity index (χ3n) is 1.55. The summed E-state index contributed by atoms with van der Waals surface area (Å²) in [5, 5.41) is 3.24. The van der Waals surface area contributed by atoms with Crippen molar-refractivity contribution in [1.29, 1.82) is 0 Å². The van der Waals surface area contributed by atoms with Gasteiger partial charge in [0.1, 0.15) is 0 Å². The molecule has 1 heterocycles. The Morgan fingerprint density at radius 2 is 2.33 bits per heavy atom. The zero-order valence-corrected chi connectivity index (χ0v) is 7.42. The van der Waals surface area contributed by atoms with Gasteiger partial charge in [-0.25, -0.2) is 0 Å². The lowest BCUT2D eigenvalue weighted by molar-refractivity contribution is 0.588. The fraction of sp³-hybridized carbons (Fsp3) is 0.444. The van der Waals surface area contributed by atoms with Crippen molar-refractivity contribution in [2.24, 2.45) is 0 Å². The van der Waals surface area contributed by atoms with Crippen molar-refractivity contribution in [2.75, 3.05) is 0 Å². The highest BCUT2D eigenvalue weighted by Gasteiger charge is 1.94. The summed E-state index contributed by atoms with van der Waals surface area (Å²) in [5.74, 6) is 0. The van der Waals surface area contributed by atoms with Gasteiger partial charge in [0.15, 0.2) is 0 Å². The van der Waals surface area contributed by atoms with Crippen molar-refractivity contribution in [3.8, 4) is 0 Å². The Balaban J connectivity index is 2.58. The molecule has 0 aliphatic rings. The van der Waals surface area contributed by atoms with Crippen molar-refractivity contribution in [3.63, 3.8) is 0 Å². The summed E-state index contributed by atoms with van der Waals surface area (Å²) < 4.78 is 0. The van der Waals surface area contributed by atoms with Crippen LogP contribution in [0.4, 0.5) is 0 Å². The Morgan fingerprint density at radius 3 is 2.92 bits per heavy atom. The molecule has 0 saturated carbocycles. The van der Waals surface area contributed by atoms with E-state index < -0.39 is 0 Å². The first-order valence-electron chi connectivity index (χ1n) is 4.09. The van der Waals surface area contributed by atoms with Crippen LogP contribution >= 0.6 is 0 Å². The van der Waals surface area contributed by atoms with Gasteiger partial charge < -0.3 is 10.3 Å². The number of aromatic nitrogens is 1. The van der Waals surface area contributed by atoms with Gasteiger partial charge in [-0.1, -0.05) is 13.8 Å². The Hall–Kier alpha value is -1.09. The molecule has 0 bridgehead atoms. The van der Waals surface area contributed by atoms with Crippen molar-refractivity contribution in [1.82, 2.24) is 10.3 Å². The molecule has 0 unspecified atom stereocenters. The number of hydrogen-bond acceptors (Lipinski definition) is 2. The van der Waals surface area contributed by atoms with Gasteiger partial charge in [-0.2, -0.15) is 0 Å². The fourth-order valence-electron chi connectivity index (χ4n) is 0.921. The first kappa shape index (κ1) is 9.00. The number of hydrogen-bond donors (Lipinski definition) is 2. The summed E-state index contributed by atoms with van der Waals surface area (Å²) in [4.78, 5) is 13.4. The summed E-state index contributed by atoms with van der Waals surface area (Å²) in [6.45, 7) is 4.90. The second-order valence-electron chi connectivity index (χ2n) is 3.10. The molecule has 0 saturated heterocycles. The summed E-state index contributed by atoms with van der Waals surface area (Å²) in [6, 6.07) is 3.95. The molecule has 0 aromatic carbocycles. The average molecular weight is 166 g/mol. The average Bonchev–Trinajstić information content (AvgIpc) is 2.01. The first-order valence-corrected chi connectivity index (χ1v) is 4.09. The van der Waals surface area contributed by atoms with Gasteiger partial charge in [-0.05, 0) is 11.6 Å². The van der Waals surface area contributed by atoms with Gasteiger partial charge in [0.05, 0.1) is 0 Å². The summed E-state index contributed by atoms with van der Waals surface area (Å²) in [7, 11) is 0.